The molecule has 0 atom stereocenters. The summed E-state index contributed by atoms with van der Waals surface area (Å²) in [5.74, 6) is 0.563. The molecule has 12 heavy (non-hydrogen) atoms. The van der Waals surface area contributed by atoms with Gasteiger partial charge < -0.3 is 9.84 Å². The highest BCUT2D eigenvalue weighted by Crippen LogP contribution is 2.08. The van der Waals surface area contributed by atoms with Gasteiger partial charge >= 0.3 is 0 Å². The zero-order valence-electron chi connectivity index (χ0n) is 6.40. The minimum atomic E-state index is 0.119. The molecule has 0 saturated heterocycles. The lowest BCUT2D eigenvalue weighted by atomic mass is 10.5. The summed E-state index contributed by atoms with van der Waals surface area (Å²) < 4.78 is 5.16. The van der Waals surface area contributed by atoms with Crippen molar-refractivity contribution in [2.45, 2.75) is 6.42 Å². The predicted molar refractivity (Wildman–Crippen MR) is 44.2 cm³/mol. The Bertz CT molecular complexity index is 227. The van der Waals surface area contributed by atoms with Crippen molar-refractivity contribution < 1.29 is 9.84 Å². The van der Waals surface area contributed by atoms with Gasteiger partial charge in [-0.05, 0) is 11.6 Å². The van der Waals surface area contributed by atoms with E-state index in [2.05, 4.69) is 9.97 Å². The van der Waals surface area contributed by atoms with Crippen LogP contribution in [-0.4, -0.2) is 28.3 Å². The quantitative estimate of drug-likeness (QED) is 0.563. The molecule has 1 heterocycles. The minimum Gasteiger partial charge on any atom is -0.490 e. The molecule has 0 radical (unpaired) electrons. The van der Waals surface area contributed by atoms with Gasteiger partial charge in [-0.15, -0.1) is 0 Å². The number of aliphatic hydroxyl groups excluding tert-OH is 1. The Morgan fingerprint density at radius 1 is 1.42 bits per heavy atom. The van der Waals surface area contributed by atoms with Crippen LogP contribution in [0.15, 0.2) is 12.4 Å². The van der Waals surface area contributed by atoms with E-state index in [1.54, 1.807) is 0 Å². The van der Waals surface area contributed by atoms with E-state index in [0.717, 1.165) is 0 Å². The van der Waals surface area contributed by atoms with Gasteiger partial charge in [0.05, 0.1) is 19.0 Å². The summed E-state index contributed by atoms with van der Waals surface area (Å²) in [6.45, 7) is 0.579. The lowest BCUT2D eigenvalue weighted by Gasteiger charge is -2.02. The zero-order chi connectivity index (χ0) is 8.81. The molecule has 66 valence electrons. The maximum Gasteiger partial charge on any atom is 0.222 e. The van der Waals surface area contributed by atoms with Gasteiger partial charge in [0.25, 0.3) is 0 Å². The average Bonchev–Trinajstić information content (AvgIpc) is 2.09. The van der Waals surface area contributed by atoms with Crippen molar-refractivity contribution in [1.82, 2.24) is 9.97 Å². The summed E-state index contributed by atoms with van der Waals surface area (Å²) in [5, 5.41) is 8.65. The van der Waals surface area contributed by atoms with Crippen molar-refractivity contribution >= 4 is 11.6 Å². The summed E-state index contributed by atoms with van der Waals surface area (Å²) in [6, 6.07) is 0. The second-order valence-electron chi connectivity index (χ2n) is 2.11. The minimum absolute atomic E-state index is 0.119. The first-order valence-corrected chi connectivity index (χ1v) is 3.92. The number of aliphatic hydroxyl groups is 1. The van der Waals surface area contributed by atoms with E-state index >= 15 is 0 Å². The monoisotopic (exact) mass is 188 g/mol. The predicted octanol–water partition coefficient (Wildman–Crippen LogP) is 0.891. The zero-order valence-corrected chi connectivity index (χ0v) is 7.16. The van der Waals surface area contributed by atoms with Crippen LogP contribution in [0.3, 0.4) is 0 Å². The van der Waals surface area contributed by atoms with Crippen molar-refractivity contribution in [3.8, 4) is 5.75 Å². The number of aromatic nitrogens is 2. The Morgan fingerprint density at radius 3 is 2.67 bits per heavy atom. The smallest absolute Gasteiger partial charge is 0.222 e. The Morgan fingerprint density at radius 2 is 2.08 bits per heavy atom. The fourth-order valence-electron chi connectivity index (χ4n) is 0.630. The van der Waals surface area contributed by atoms with E-state index in [-0.39, 0.29) is 11.9 Å². The van der Waals surface area contributed by atoms with Gasteiger partial charge in [0.2, 0.25) is 5.28 Å². The molecule has 1 N–H and O–H groups in total. The van der Waals surface area contributed by atoms with Crippen LogP contribution in [0, 0.1) is 0 Å². The standard InChI is InChI=1S/C7H9ClN2O2/c8-7-9-4-6(5-10-7)12-3-1-2-11/h4-5,11H,1-3H2. The molecular formula is C7H9ClN2O2. The summed E-state index contributed by atoms with van der Waals surface area (Å²) in [6.07, 6.45) is 3.59. The molecule has 0 aliphatic heterocycles. The average molecular weight is 189 g/mol. The number of rotatable bonds is 4. The molecule has 0 aliphatic carbocycles. The van der Waals surface area contributed by atoms with Gasteiger partial charge in [-0.1, -0.05) is 0 Å². The first-order valence-electron chi connectivity index (χ1n) is 3.54. The van der Waals surface area contributed by atoms with E-state index in [4.69, 9.17) is 21.4 Å². The van der Waals surface area contributed by atoms with Crippen LogP contribution in [-0.2, 0) is 0 Å². The molecule has 0 bridgehead atoms. The van der Waals surface area contributed by atoms with Crippen molar-refractivity contribution in [1.29, 1.82) is 0 Å². The summed E-state index contributed by atoms with van der Waals surface area (Å²) in [7, 11) is 0. The maximum absolute atomic E-state index is 8.46. The molecule has 0 saturated carbocycles. The third kappa shape index (κ3) is 3.02. The maximum atomic E-state index is 8.46. The van der Waals surface area contributed by atoms with Gasteiger partial charge in [-0.25, -0.2) is 9.97 Å². The highest BCUT2D eigenvalue weighted by Gasteiger charge is 1.94. The number of ether oxygens (including phenoxy) is 1. The van der Waals surface area contributed by atoms with Gasteiger partial charge in [-0.3, -0.25) is 0 Å². The molecule has 1 aromatic rings. The van der Waals surface area contributed by atoms with Crippen molar-refractivity contribution in [3.63, 3.8) is 0 Å². The first-order chi connectivity index (χ1) is 5.83. The molecule has 1 aromatic heterocycles. The second kappa shape index (κ2) is 4.90. The lowest BCUT2D eigenvalue weighted by molar-refractivity contribution is 0.233. The highest BCUT2D eigenvalue weighted by atomic mass is 35.5. The highest BCUT2D eigenvalue weighted by molar-refractivity contribution is 6.28. The first kappa shape index (κ1) is 9.22. The molecule has 0 amide bonds. The fourth-order valence-corrected chi connectivity index (χ4v) is 0.727. The van der Waals surface area contributed by atoms with Crippen molar-refractivity contribution in [2.75, 3.05) is 13.2 Å². The van der Waals surface area contributed by atoms with E-state index in [9.17, 15) is 0 Å². The van der Waals surface area contributed by atoms with E-state index < -0.39 is 0 Å². The van der Waals surface area contributed by atoms with Crippen LogP contribution in [0.1, 0.15) is 6.42 Å². The van der Waals surface area contributed by atoms with Crippen LogP contribution >= 0.6 is 11.6 Å². The Hall–Kier alpha value is -0.870. The van der Waals surface area contributed by atoms with Gasteiger partial charge in [0, 0.05) is 13.0 Å². The van der Waals surface area contributed by atoms with Crippen LogP contribution < -0.4 is 4.74 Å². The Labute approximate surface area is 75.2 Å². The Kier molecular flexibility index (Phi) is 3.76. The molecule has 0 fully saturated rings. The molecule has 0 aromatic carbocycles. The van der Waals surface area contributed by atoms with Crippen LogP contribution in [0.4, 0.5) is 0 Å². The molecule has 0 aliphatic rings. The number of halogens is 1. The van der Waals surface area contributed by atoms with E-state index in [0.29, 0.717) is 18.8 Å². The molecular weight excluding hydrogens is 180 g/mol. The van der Waals surface area contributed by atoms with Crippen LogP contribution in [0.25, 0.3) is 0 Å². The number of nitrogens with zero attached hydrogens (tertiary/aromatic N) is 2. The Balaban J connectivity index is 2.37. The third-order valence-electron chi connectivity index (χ3n) is 1.17. The van der Waals surface area contributed by atoms with E-state index in [1.807, 2.05) is 0 Å². The summed E-state index contributed by atoms with van der Waals surface area (Å²) in [5.41, 5.74) is 0. The van der Waals surface area contributed by atoms with Gasteiger partial charge in [0.1, 0.15) is 0 Å². The van der Waals surface area contributed by atoms with Gasteiger partial charge in [0.15, 0.2) is 5.75 Å². The largest absolute Gasteiger partial charge is 0.490 e. The number of hydrogen-bond acceptors (Lipinski definition) is 4. The topological polar surface area (TPSA) is 55.2 Å². The summed E-state index contributed by atoms with van der Waals surface area (Å²) in [4.78, 5) is 7.45. The third-order valence-corrected chi connectivity index (χ3v) is 1.36. The lowest BCUT2D eigenvalue weighted by Crippen LogP contribution is -2.00. The van der Waals surface area contributed by atoms with Crippen molar-refractivity contribution in [3.05, 3.63) is 17.7 Å². The summed E-state index contributed by atoms with van der Waals surface area (Å²) >= 11 is 5.46. The van der Waals surface area contributed by atoms with Crippen LogP contribution in [0.2, 0.25) is 5.28 Å². The molecule has 0 unspecified atom stereocenters. The molecule has 4 nitrogen and oxygen atoms in total. The van der Waals surface area contributed by atoms with Gasteiger partial charge in [-0.2, -0.15) is 0 Å². The fraction of sp³-hybridized carbons (Fsp3) is 0.429. The number of hydrogen-bond donors (Lipinski definition) is 1. The SMILES string of the molecule is OCCCOc1cnc(Cl)nc1. The van der Waals surface area contributed by atoms with Crippen molar-refractivity contribution in [2.24, 2.45) is 0 Å². The van der Waals surface area contributed by atoms with Crippen LogP contribution in [0.5, 0.6) is 5.75 Å². The molecule has 5 heteroatoms. The normalized spacial score (nSPS) is 9.83. The van der Waals surface area contributed by atoms with E-state index in [1.165, 1.54) is 12.4 Å². The molecule has 1 rings (SSSR count). The molecule has 0 spiro atoms. The second-order valence-corrected chi connectivity index (χ2v) is 2.45.